The van der Waals surface area contributed by atoms with Gasteiger partial charge in [-0.15, -0.1) is 16.4 Å². The molecule has 0 fully saturated rings. The van der Waals surface area contributed by atoms with Crippen LogP contribution in [0.1, 0.15) is 5.69 Å². The van der Waals surface area contributed by atoms with Crippen molar-refractivity contribution in [1.82, 2.24) is 14.6 Å². The SMILES string of the molecule is CN(c1ccc2nc(CN)cn2n1)c1cc(Br)cs1. The summed E-state index contributed by atoms with van der Waals surface area (Å²) < 4.78 is 2.84. The number of thiophene rings is 1. The van der Waals surface area contributed by atoms with E-state index in [1.165, 1.54) is 0 Å². The van der Waals surface area contributed by atoms with Crippen LogP contribution in [0.15, 0.2) is 34.2 Å². The number of hydrogen-bond acceptors (Lipinski definition) is 5. The fraction of sp³-hybridized carbons (Fsp3) is 0.167. The van der Waals surface area contributed by atoms with Crippen LogP contribution in [-0.2, 0) is 6.54 Å². The number of hydrogen-bond donors (Lipinski definition) is 1. The number of rotatable bonds is 3. The highest BCUT2D eigenvalue weighted by Gasteiger charge is 2.09. The fourth-order valence-electron chi connectivity index (χ4n) is 1.79. The summed E-state index contributed by atoms with van der Waals surface area (Å²) in [4.78, 5) is 6.40. The van der Waals surface area contributed by atoms with E-state index in [0.717, 1.165) is 26.6 Å². The van der Waals surface area contributed by atoms with Crippen LogP contribution in [0.25, 0.3) is 5.65 Å². The summed E-state index contributed by atoms with van der Waals surface area (Å²) in [5.41, 5.74) is 7.24. The van der Waals surface area contributed by atoms with Gasteiger partial charge in [0.2, 0.25) is 0 Å². The molecule has 19 heavy (non-hydrogen) atoms. The first-order valence-electron chi connectivity index (χ1n) is 5.70. The summed E-state index contributed by atoms with van der Waals surface area (Å²) in [5, 5.41) is 7.72. The Labute approximate surface area is 122 Å². The van der Waals surface area contributed by atoms with Gasteiger partial charge >= 0.3 is 0 Å². The number of anilines is 2. The normalized spacial score (nSPS) is 11.1. The number of imidazole rings is 1. The molecule has 3 rings (SSSR count). The molecular formula is C12H12BrN5S. The Morgan fingerprint density at radius 1 is 1.47 bits per heavy atom. The zero-order chi connectivity index (χ0) is 13.4. The topological polar surface area (TPSA) is 59.5 Å². The van der Waals surface area contributed by atoms with E-state index < -0.39 is 0 Å². The van der Waals surface area contributed by atoms with Crippen molar-refractivity contribution in [3.05, 3.63) is 39.9 Å². The first kappa shape index (κ1) is 12.6. The molecular weight excluding hydrogens is 326 g/mol. The van der Waals surface area contributed by atoms with Crippen LogP contribution < -0.4 is 10.6 Å². The van der Waals surface area contributed by atoms with E-state index in [-0.39, 0.29) is 0 Å². The van der Waals surface area contributed by atoms with Crippen molar-refractivity contribution in [2.45, 2.75) is 6.54 Å². The van der Waals surface area contributed by atoms with E-state index in [9.17, 15) is 0 Å². The van der Waals surface area contributed by atoms with Gasteiger partial charge < -0.3 is 10.6 Å². The smallest absolute Gasteiger partial charge is 0.154 e. The van der Waals surface area contributed by atoms with Gasteiger partial charge in [-0.05, 0) is 34.1 Å². The monoisotopic (exact) mass is 337 g/mol. The largest absolute Gasteiger partial charge is 0.325 e. The molecule has 7 heteroatoms. The summed E-state index contributed by atoms with van der Waals surface area (Å²) in [6.45, 7) is 0.423. The average molecular weight is 338 g/mol. The molecule has 5 nitrogen and oxygen atoms in total. The Kier molecular flexibility index (Phi) is 3.26. The van der Waals surface area contributed by atoms with Gasteiger partial charge in [-0.25, -0.2) is 9.50 Å². The molecule has 2 N–H and O–H groups in total. The molecule has 0 aliphatic carbocycles. The minimum absolute atomic E-state index is 0.423. The van der Waals surface area contributed by atoms with E-state index >= 15 is 0 Å². The second-order valence-electron chi connectivity index (χ2n) is 4.09. The zero-order valence-electron chi connectivity index (χ0n) is 10.2. The maximum atomic E-state index is 5.59. The van der Waals surface area contributed by atoms with Crippen LogP contribution in [0.5, 0.6) is 0 Å². The number of fused-ring (bicyclic) bond motifs is 1. The predicted molar refractivity (Wildman–Crippen MR) is 81.0 cm³/mol. The summed E-state index contributed by atoms with van der Waals surface area (Å²) in [7, 11) is 1.99. The minimum Gasteiger partial charge on any atom is -0.325 e. The van der Waals surface area contributed by atoms with Crippen LogP contribution in [0.2, 0.25) is 0 Å². The Morgan fingerprint density at radius 3 is 3.00 bits per heavy atom. The molecule has 98 valence electrons. The summed E-state index contributed by atoms with van der Waals surface area (Å²) >= 11 is 5.12. The molecule has 0 bridgehead atoms. The first-order valence-corrected chi connectivity index (χ1v) is 7.38. The number of nitrogens with two attached hydrogens (primary N) is 1. The van der Waals surface area contributed by atoms with Crippen LogP contribution in [0.4, 0.5) is 10.8 Å². The second kappa shape index (κ2) is 4.92. The van der Waals surface area contributed by atoms with Crippen molar-refractivity contribution in [2.75, 3.05) is 11.9 Å². The summed E-state index contributed by atoms with van der Waals surface area (Å²) in [6, 6.07) is 5.96. The lowest BCUT2D eigenvalue weighted by Crippen LogP contribution is -2.11. The van der Waals surface area contributed by atoms with Gasteiger partial charge in [0.1, 0.15) is 0 Å². The fourth-order valence-corrected chi connectivity index (χ4v) is 3.19. The predicted octanol–water partition coefficient (Wildman–Crippen LogP) is 2.78. The van der Waals surface area contributed by atoms with Crippen molar-refractivity contribution in [2.24, 2.45) is 5.73 Å². The molecule has 0 unspecified atom stereocenters. The molecule has 3 aromatic rings. The molecule has 0 aliphatic heterocycles. The lowest BCUT2D eigenvalue weighted by molar-refractivity contribution is 0.911. The van der Waals surface area contributed by atoms with Gasteiger partial charge in [0.05, 0.1) is 16.9 Å². The standard InChI is InChI=1S/C12H12BrN5S/c1-17(12-4-8(13)7-19-12)11-3-2-10-15-9(5-14)6-18(10)16-11/h2-4,6-7H,5,14H2,1H3. The Balaban J connectivity index is 2.00. The van der Waals surface area contributed by atoms with E-state index in [2.05, 4.69) is 32.1 Å². The van der Waals surface area contributed by atoms with Crippen molar-refractivity contribution in [3.63, 3.8) is 0 Å². The minimum atomic E-state index is 0.423. The third-order valence-corrected chi connectivity index (χ3v) is 4.56. The molecule has 0 spiro atoms. The second-order valence-corrected chi connectivity index (χ2v) is 5.90. The van der Waals surface area contributed by atoms with Crippen LogP contribution in [-0.4, -0.2) is 21.6 Å². The molecule has 0 amide bonds. The first-order chi connectivity index (χ1) is 9.17. The van der Waals surface area contributed by atoms with Gasteiger partial charge in [-0.1, -0.05) is 0 Å². The molecule has 0 atom stereocenters. The summed E-state index contributed by atoms with van der Waals surface area (Å²) in [6.07, 6.45) is 1.86. The Hall–Kier alpha value is -1.44. The van der Waals surface area contributed by atoms with Gasteiger partial charge in [-0.2, -0.15) is 0 Å². The molecule has 0 saturated carbocycles. The van der Waals surface area contributed by atoms with Gasteiger partial charge in [-0.3, -0.25) is 0 Å². The van der Waals surface area contributed by atoms with Crippen LogP contribution >= 0.6 is 27.3 Å². The number of aromatic nitrogens is 3. The number of halogens is 1. The molecule has 0 radical (unpaired) electrons. The van der Waals surface area contributed by atoms with E-state index in [1.54, 1.807) is 15.9 Å². The highest BCUT2D eigenvalue weighted by Crippen LogP contribution is 2.31. The molecule has 0 aliphatic rings. The van der Waals surface area contributed by atoms with E-state index in [1.807, 2.05) is 35.7 Å². The van der Waals surface area contributed by atoms with E-state index in [0.29, 0.717) is 6.54 Å². The van der Waals surface area contributed by atoms with Gasteiger partial charge in [0.25, 0.3) is 0 Å². The van der Waals surface area contributed by atoms with Gasteiger partial charge in [0.15, 0.2) is 11.5 Å². The van der Waals surface area contributed by atoms with Crippen molar-refractivity contribution in [1.29, 1.82) is 0 Å². The Morgan fingerprint density at radius 2 is 2.32 bits per heavy atom. The Bertz CT molecular complexity index is 720. The van der Waals surface area contributed by atoms with Gasteiger partial charge in [0, 0.05) is 23.4 Å². The molecule has 0 aromatic carbocycles. The van der Waals surface area contributed by atoms with Crippen LogP contribution in [0.3, 0.4) is 0 Å². The lowest BCUT2D eigenvalue weighted by Gasteiger charge is -2.15. The highest BCUT2D eigenvalue weighted by atomic mass is 79.9. The molecule has 3 heterocycles. The maximum absolute atomic E-state index is 5.59. The summed E-state index contributed by atoms with van der Waals surface area (Å²) in [5.74, 6) is 0.864. The maximum Gasteiger partial charge on any atom is 0.154 e. The average Bonchev–Trinajstić information content (AvgIpc) is 3.02. The zero-order valence-corrected chi connectivity index (χ0v) is 12.6. The number of nitrogens with zero attached hydrogens (tertiary/aromatic N) is 4. The molecule has 0 saturated heterocycles. The van der Waals surface area contributed by atoms with Crippen molar-refractivity contribution in [3.8, 4) is 0 Å². The van der Waals surface area contributed by atoms with Crippen molar-refractivity contribution >= 4 is 43.7 Å². The quantitative estimate of drug-likeness (QED) is 0.798. The van der Waals surface area contributed by atoms with Crippen molar-refractivity contribution < 1.29 is 0 Å². The molecule has 3 aromatic heterocycles. The lowest BCUT2D eigenvalue weighted by atomic mass is 10.4. The van der Waals surface area contributed by atoms with E-state index in [4.69, 9.17) is 5.73 Å². The highest BCUT2D eigenvalue weighted by molar-refractivity contribution is 9.10. The van der Waals surface area contributed by atoms with Crippen LogP contribution in [0, 0.1) is 0 Å². The third-order valence-electron chi connectivity index (χ3n) is 2.79. The third kappa shape index (κ3) is 2.36.